The second-order valence-corrected chi connectivity index (χ2v) is 7.58. The number of likely N-dealkylation sites (tertiary alicyclic amines) is 1. The summed E-state index contributed by atoms with van der Waals surface area (Å²) in [6.07, 6.45) is 3.93. The number of H-pyrrole nitrogens is 1. The predicted molar refractivity (Wildman–Crippen MR) is 100 cm³/mol. The van der Waals surface area contributed by atoms with Crippen molar-refractivity contribution in [3.8, 4) is 0 Å². The van der Waals surface area contributed by atoms with E-state index >= 15 is 0 Å². The average Bonchev–Trinajstić information content (AvgIpc) is 3.42. The molecule has 2 aromatic heterocycles. The summed E-state index contributed by atoms with van der Waals surface area (Å²) in [5.41, 5.74) is 0.605. The van der Waals surface area contributed by atoms with Crippen LogP contribution in [0.1, 0.15) is 47.4 Å². The molecule has 2 aliphatic heterocycles. The molecular formula is C19H26N6O3. The molecule has 2 aromatic rings. The number of hydrogen-bond donors (Lipinski definition) is 2. The highest BCUT2D eigenvalue weighted by atomic mass is 16.5. The van der Waals surface area contributed by atoms with Gasteiger partial charge in [-0.05, 0) is 38.3 Å². The number of ether oxygens (including phenoxy) is 1. The zero-order valence-electron chi connectivity index (χ0n) is 16.2. The first-order chi connectivity index (χ1) is 13.5. The molecule has 0 spiro atoms. The molecule has 4 rings (SSSR count). The molecule has 0 radical (unpaired) electrons. The van der Waals surface area contributed by atoms with Gasteiger partial charge in [-0.3, -0.25) is 14.7 Å². The molecule has 4 heterocycles. The van der Waals surface area contributed by atoms with Gasteiger partial charge in [-0.25, -0.2) is 4.98 Å². The number of hydrogen-bond acceptors (Lipinski definition) is 5. The highest BCUT2D eigenvalue weighted by Gasteiger charge is 2.40. The van der Waals surface area contributed by atoms with Crippen molar-refractivity contribution in [1.82, 2.24) is 30.0 Å². The van der Waals surface area contributed by atoms with Crippen molar-refractivity contribution in [3.63, 3.8) is 0 Å². The van der Waals surface area contributed by atoms with Crippen LogP contribution in [-0.4, -0.2) is 62.3 Å². The van der Waals surface area contributed by atoms with Gasteiger partial charge >= 0.3 is 0 Å². The van der Waals surface area contributed by atoms with Crippen molar-refractivity contribution in [2.75, 3.05) is 19.8 Å². The normalized spacial score (nSPS) is 23.1. The van der Waals surface area contributed by atoms with E-state index in [2.05, 4.69) is 20.5 Å². The monoisotopic (exact) mass is 386 g/mol. The first-order valence-corrected chi connectivity index (χ1v) is 9.72. The standard InChI is InChI=1S/C19H26N6O3/c1-12-20-17(23-22-12)16-10-14(21-18(26)13-5-8-28-9-6-13)11-25(16)19(27)15-4-3-7-24(15)2/h3-4,7,13-14,16H,5-6,8-11H2,1-2H3,(H,21,26)(H,20,22,23)/t14-,16-/m0/s1. The van der Waals surface area contributed by atoms with Crippen LogP contribution in [-0.2, 0) is 16.6 Å². The van der Waals surface area contributed by atoms with E-state index < -0.39 is 0 Å². The lowest BCUT2D eigenvalue weighted by Crippen LogP contribution is -2.42. The Labute approximate surface area is 163 Å². The molecule has 9 nitrogen and oxygen atoms in total. The van der Waals surface area contributed by atoms with Gasteiger partial charge in [0.15, 0.2) is 5.82 Å². The number of nitrogens with zero attached hydrogens (tertiary/aromatic N) is 4. The lowest BCUT2D eigenvalue weighted by molar-refractivity contribution is -0.128. The maximum atomic E-state index is 13.2. The van der Waals surface area contributed by atoms with Crippen molar-refractivity contribution in [2.24, 2.45) is 13.0 Å². The van der Waals surface area contributed by atoms with Crippen LogP contribution in [0.5, 0.6) is 0 Å². The Morgan fingerprint density at radius 3 is 2.75 bits per heavy atom. The van der Waals surface area contributed by atoms with E-state index in [1.165, 1.54) is 0 Å². The Bertz CT molecular complexity index is 853. The maximum absolute atomic E-state index is 13.2. The van der Waals surface area contributed by atoms with Gasteiger partial charge < -0.3 is 19.5 Å². The van der Waals surface area contributed by atoms with E-state index in [1.54, 1.807) is 15.5 Å². The van der Waals surface area contributed by atoms with Gasteiger partial charge in [-0.1, -0.05) is 0 Å². The van der Waals surface area contributed by atoms with Gasteiger partial charge in [0.2, 0.25) is 5.91 Å². The smallest absolute Gasteiger partial charge is 0.271 e. The number of rotatable bonds is 4. The van der Waals surface area contributed by atoms with Gasteiger partial charge in [-0.2, -0.15) is 5.10 Å². The van der Waals surface area contributed by atoms with E-state index in [0.29, 0.717) is 43.5 Å². The summed E-state index contributed by atoms with van der Waals surface area (Å²) in [6, 6.07) is 3.26. The summed E-state index contributed by atoms with van der Waals surface area (Å²) in [5.74, 6) is 1.24. The lowest BCUT2D eigenvalue weighted by Gasteiger charge is -2.24. The summed E-state index contributed by atoms with van der Waals surface area (Å²) in [5, 5.41) is 10.3. The van der Waals surface area contributed by atoms with E-state index in [1.807, 2.05) is 26.2 Å². The summed E-state index contributed by atoms with van der Waals surface area (Å²) in [4.78, 5) is 32.0. The molecule has 0 aromatic carbocycles. The van der Waals surface area contributed by atoms with Crippen LogP contribution in [0.4, 0.5) is 0 Å². The molecule has 0 saturated carbocycles. The SMILES string of the molecule is Cc1nc([C@@H]2C[C@H](NC(=O)C3CCOCC3)CN2C(=O)c2cccn2C)n[nH]1. The predicted octanol–water partition coefficient (Wildman–Crippen LogP) is 0.950. The van der Waals surface area contributed by atoms with E-state index in [0.717, 1.165) is 12.8 Å². The second-order valence-electron chi connectivity index (χ2n) is 7.58. The van der Waals surface area contributed by atoms with Crippen LogP contribution in [0.3, 0.4) is 0 Å². The number of carbonyl (C=O) groups excluding carboxylic acids is 2. The van der Waals surface area contributed by atoms with Gasteiger partial charge in [0.25, 0.3) is 5.91 Å². The zero-order chi connectivity index (χ0) is 19.7. The average molecular weight is 386 g/mol. The molecule has 0 bridgehead atoms. The van der Waals surface area contributed by atoms with Crippen LogP contribution < -0.4 is 5.32 Å². The van der Waals surface area contributed by atoms with Gasteiger partial charge in [0.1, 0.15) is 11.5 Å². The number of nitrogens with one attached hydrogen (secondary N) is 2. The third-order valence-electron chi connectivity index (χ3n) is 5.58. The van der Waals surface area contributed by atoms with Crippen molar-refractivity contribution in [1.29, 1.82) is 0 Å². The molecule has 2 fully saturated rings. The minimum atomic E-state index is -0.271. The number of amides is 2. The van der Waals surface area contributed by atoms with E-state index in [9.17, 15) is 9.59 Å². The summed E-state index contributed by atoms with van der Waals surface area (Å²) in [7, 11) is 1.85. The zero-order valence-corrected chi connectivity index (χ0v) is 16.2. The fraction of sp³-hybridized carbons (Fsp3) is 0.579. The Hall–Kier alpha value is -2.68. The van der Waals surface area contributed by atoms with Crippen LogP contribution in [0, 0.1) is 12.8 Å². The highest BCUT2D eigenvalue weighted by molar-refractivity contribution is 5.93. The molecule has 0 unspecified atom stereocenters. The Morgan fingerprint density at radius 1 is 1.32 bits per heavy atom. The molecular weight excluding hydrogens is 360 g/mol. The molecule has 150 valence electrons. The third-order valence-corrected chi connectivity index (χ3v) is 5.58. The van der Waals surface area contributed by atoms with Crippen molar-refractivity contribution in [3.05, 3.63) is 35.7 Å². The fourth-order valence-electron chi connectivity index (χ4n) is 4.03. The maximum Gasteiger partial charge on any atom is 0.271 e. The first kappa shape index (κ1) is 18.7. The molecule has 0 aliphatic carbocycles. The highest BCUT2D eigenvalue weighted by Crippen LogP contribution is 2.32. The minimum absolute atomic E-state index is 0.0180. The third kappa shape index (κ3) is 3.66. The Morgan fingerprint density at radius 2 is 2.11 bits per heavy atom. The Balaban J connectivity index is 1.52. The largest absolute Gasteiger partial charge is 0.381 e. The summed E-state index contributed by atoms with van der Waals surface area (Å²) < 4.78 is 7.15. The summed E-state index contributed by atoms with van der Waals surface area (Å²) >= 11 is 0. The lowest BCUT2D eigenvalue weighted by atomic mass is 9.99. The number of aromatic nitrogens is 4. The minimum Gasteiger partial charge on any atom is -0.381 e. The quantitative estimate of drug-likeness (QED) is 0.814. The van der Waals surface area contributed by atoms with Crippen molar-refractivity contribution in [2.45, 2.75) is 38.3 Å². The molecule has 2 amide bonds. The second kappa shape index (κ2) is 7.75. The molecule has 9 heteroatoms. The van der Waals surface area contributed by atoms with Gasteiger partial charge in [0.05, 0.1) is 6.04 Å². The van der Waals surface area contributed by atoms with E-state index in [-0.39, 0.29) is 29.8 Å². The topological polar surface area (TPSA) is 105 Å². The first-order valence-electron chi connectivity index (χ1n) is 9.72. The Kier molecular flexibility index (Phi) is 5.17. The van der Waals surface area contributed by atoms with Crippen LogP contribution in [0.15, 0.2) is 18.3 Å². The summed E-state index contributed by atoms with van der Waals surface area (Å²) in [6.45, 7) is 3.52. The van der Waals surface area contributed by atoms with Crippen molar-refractivity contribution < 1.29 is 14.3 Å². The number of carbonyl (C=O) groups is 2. The number of aryl methyl sites for hydroxylation is 2. The van der Waals surface area contributed by atoms with Crippen LogP contribution >= 0.6 is 0 Å². The van der Waals surface area contributed by atoms with E-state index in [4.69, 9.17) is 4.74 Å². The fourth-order valence-corrected chi connectivity index (χ4v) is 4.03. The van der Waals surface area contributed by atoms with Crippen LogP contribution in [0.25, 0.3) is 0 Å². The molecule has 2 atom stereocenters. The molecule has 2 saturated heterocycles. The van der Waals surface area contributed by atoms with Gasteiger partial charge in [0, 0.05) is 45.0 Å². The number of aromatic amines is 1. The molecule has 2 aliphatic rings. The molecule has 2 N–H and O–H groups in total. The molecule has 28 heavy (non-hydrogen) atoms. The van der Waals surface area contributed by atoms with Crippen LogP contribution in [0.2, 0.25) is 0 Å². The van der Waals surface area contributed by atoms with Gasteiger partial charge in [-0.15, -0.1) is 0 Å². The van der Waals surface area contributed by atoms with Crippen molar-refractivity contribution >= 4 is 11.8 Å².